The third-order valence-corrected chi connectivity index (χ3v) is 6.07. The fraction of sp³-hybridized carbons (Fsp3) is 0.320. The quantitative estimate of drug-likeness (QED) is 0.339. The molecule has 1 aliphatic carbocycles. The minimum atomic E-state index is -0.693. The van der Waals surface area contributed by atoms with Crippen LogP contribution in [0.2, 0.25) is 0 Å². The molecule has 1 saturated carbocycles. The monoisotopic (exact) mass is 508 g/mol. The van der Waals surface area contributed by atoms with Crippen molar-refractivity contribution in [3.8, 4) is 23.0 Å². The molecule has 4 aromatic rings. The van der Waals surface area contributed by atoms with E-state index in [2.05, 4.69) is 25.3 Å². The van der Waals surface area contributed by atoms with E-state index < -0.39 is 11.6 Å². The topological polar surface area (TPSA) is 126 Å². The van der Waals surface area contributed by atoms with Gasteiger partial charge < -0.3 is 20.5 Å². The van der Waals surface area contributed by atoms with E-state index >= 15 is 0 Å². The van der Waals surface area contributed by atoms with Gasteiger partial charge in [-0.1, -0.05) is 0 Å². The first-order valence-electron chi connectivity index (χ1n) is 11.8. The van der Waals surface area contributed by atoms with E-state index in [9.17, 15) is 8.78 Å². The summed E-state index contributed by atoms with van der Waals surface area (Å²) in [4.78, 5) is 17.1. The van der Waals surface area contributed by atoms with Crippen LogP contribution in [0.25, 0.3) is 11.5 Å². The van der Waals surface area contributed by atoms with Crippen LogP contribution < -0.4 is 20.5 Å². The minimum Gasteiger partial charge on any atom is -0.494 e. The molecule has 0 spiro atoms. The summed E-state index contributed by atoms with van der Waals surface area (Å²) in [6.45, 7) is 3.88. The zero-order chi connectivity index (χ0) is 26.1. The van der Waals surface area contributed by atoms with E-state index in [4.69, 9.17) is 20.3 Å². The second-order valence-electron chi connectivity index (χ2n) is 8.62. The molecule has 37 heavy (non-hydrogen) atoms. The van der Waals surface area contributed by atoms with Crippen LogP contribution in [-0.2, 0) is 6.54 Å². The van der Waals surface area contributed by atoms with Gasteiger partial charge in [-0.25, -0.2) is 28.7 Å². The van der Waals surface area contributed by atoms with Gasteiger partial charge in [0.2, 0.25) is 5.75 Å². The highest BCUT2D eigenvalue weighted by Gasteiger charge is 2.33. The van der Waals surface area contributed by atoms with Crippen molar-refractivity contribution in [1.82, 2.24) is 29.7 Å². The Labute approximate surface area is 211 Å². The Bertz CT molecular complexity index is 1420. The number of halogens is 2. The van der Waals surface area contributed by atoms with E-state index in [0.29, 0.717) is 23.9 Å². The number of anilines is 3. The molecule has 3 heterocycles. The number of hydrogen-bond donors (Lipinski definition) is 2. The molecule has 5 rings (SSSR count). The van der Waals surface area contributed by atoms with Gasteiger partial charge in [-0.05, 0) is 32.8 Å². The number of methoxy groups -OCH3 is 1. The lowest BCUT2D eigenvalue weighted by atomic mass is 10.1. The first kappa shape index (κ1) is 24.3. The van der Waals surface area contributed by atoms with Gasteiger partial charge in [0, 0.05) is 41.1 Å². The number of rotatable bonds is 9. The number of benzene rings is 1. The molecule has 192 valence electrons. The predicted octanol–water partition coefficient (Wildman–Crippen LogP) is 4.38. The molecule has 1 fully saturated rings. The van der Waals surface area contributed by atoms with Gasteiger partial charge in [-0.3, -0.25) is 4.68 Å². The molecule has 1 aromatic carbocycles. The van der Waals surface area contributed by atoms with Crippen LogP contribution >= 0.6 is 0 Å². The molecular weight excluding hydrogens is 482 g/mol. The van der Waals surface area contributed by atoms with Crippen molar-refractivity contribution in [2.24, 2.45) is 0 Å². The molecule has 0 bridgehead atoms. The van der Waals surface area contributed by atoms with Gasteiger partial charge in [0.25, 0.3) is 0 Å². The minimum absolute atomic E-state index is 0.0889. The maximum atomic E-state index is 14.9. The number of nitrogens with zero attached hydrogens (tertiary/aromatic N) is 6. The zero-order valence-electron chi connectivity index (χ0n) is 20.6. The average molecular weight is 509 g/mol. The Morgan fingerprint density at radius 2 is 1.95 bits per heavy atom. The van der Waals surface area contributed by atoms with Crippen LogP contribution in [0.5, 0.6) is 11.5 Å². The lowest BCUT2D eigenvalue weighted by Crippen LogP contribution is -2.10. The Kier molecular flexibility index (Phi) is 6.55. The van der Waals surface area contributed by atoms with Gasteiger partial charge in [0.15, 0.2) is 17.5 Å². The van der Waals surface area contributed by atoms with Crippen LogP contribution in [0.4, 0.5) is 26.2 Å². The number of nitrogen functional groups attached to an aromatic ring is 1. The fourth-order valence-electron chi connectivity index (χ4n) is 4.25. The molecule has 0 amide bonds. The summed E-state index contributed by atoms with van der Waals surface area (Å²) in [5, 5.41) is 7.77. The van der Waals surface area contributed by atoms with Crippen molar-refractivity contribution in [3.05, 3.63) is 59.2 Å². The maximum absolute atomic E-state index is 14.9. The third-order valence-electron chi connectivity index (χ3n) is 6.07. The van der Waals surface area contributed by atoms with Crippen molar-refractivity contribution in [2.45, 2.75) is 39.2 Å². The number of nitrogens with one attached hydrogen (secondary N) is 1. The highest BCUT2D eigenvalue weighted by Crippen LogP contribution is 2.44. The maximum Gasteiger partial charge on any atom is 0.204 e. The summed E-state index contributed by atoms with van der Waals surface area (Å²) in [6, 6.07) is 4.05. The lowest BCUT2D eigenvalue weighted by molar-refractivity contribution is 0.335. The molecule has 0 saturated heterocycles. The largest absolute Gasteiger partial charge is 0.494 e. The second kappa shape index (κ2) is 9.96. The van der Waals surface area contributed by atoms with Crippen LogP contribution in [0.1, 0.15) is 42.5 Å². The zero-order valence-corrected chi connectivity index (χ0v) is 20.6. The molecule has 10 nitrogen and oxygen atoms in total. The van der Waals surface area contributed by atoms with E-state index in [0.717, 1.165) is 24.1 Å². The Balaban J connectivity index is 1.56. The van der Waals surface area contributed by atoms with Gasteiger partial charge in [-0.2, -0.15) is 5.10 Å². The van der Waals surface area contributed by atoms with Crippen molar-refractivity contribution < 1.29 is 18.3 Å². The molecule has 12 heteroatoms. The highest BCUT2D eigenvalue weighted by atomic mass is 19.1. The van der Waals surface area contributed by atoms with E-state index in [1.807, 2.05) is 6.92 Å². The molecule has 0 aliphatic heterocycles. The Morgan fingerprint density at radius 1 is 1.19 bits per heavy atom. The second-order valence-corrected chi connectivity index (χ2v) is 8.62. The van der Waals surface area contributed by atoms with E-state index in [1.54, 1.807) is 23.9 Å². The standard InChI is InChI=1S/C25H26F2N8O2/c1-4-37-15-9-17(26)16(18(27)10-15)11-35-21(14-5-6-14)13(2)20(34-35)24-32-23(28)22(36-3)25(33-24)31-19-7-8-29-12-30-19/h7-10,12,14H,4-6,11H2,1-3H3,(H3,28,29,30,31,32,33). The van der Waals surface area contributed by atoms with E-state index in [-0.39, 0.29) is 41.2 Å². The summed E-state index contributed by atoms with van der Waals surface area (Å²) in [5.41, 5.74) is 8.29. The number of nitrogens with two attached hydrogens (primary N) is 1. The first-order chi connectivity index (χ1) is 17.9. The Morgan fingerprint density at radius 3 is 2.57 bits per heavy atom. The van der Waals surface area contributed by atoms with Crippen molar-refractivity contribution in [3.63, 3.8) is 0 Å². The van der Waals surface area contributed by atoms with Crippen LogP contribution in [0, 0.1) is 18.6 Å². The average Bonchev–Trinajstić information content (AvgIpc) is 3.65. The highest BCUT2D eigenvalue weighted by molar-refractivity contribution is 5.71. The number of aromatic nitrogens is 6. The van der Waals surface area contributed by atoms with E-state index in [1.165, 1.54) is 25.6 Å². The van der Waals surface area contributed by atoms with Crippen molar-refractivity contribution in [1.29, 1.82) is 0 Å². The summed E-state index contributed by atoms with van der Waals surface area (Å²) in [7, 11) is 1.46. The summed E-state index contributed by atoms with van der Waals surface area (Å²) < 4.78 is 42.0. The van der Waals surface area contributed by atoms with Crippen LogP contribution in [0.15, 0.2) is 30.7 Å². The van der Waals surface area contributed by atoms with Crippen LogP contribution in [-0.4, -0.2) is 43.4 Å². The first-order valence-corrected chi connectivity index (χ1v) is 11.8. The van der Waals surface area contributed by atoms with Crippen molar-refractivity contribution >= 4 is 17.5 Å². The fourth-order valence-corrected chi connectivity index (χ4v) is 4.25. The SMILES string of the molecule is CCOc1cc(F)c(Cn2nc(-c3nc(N)c(OC)c(Nc4ccncn4)n3)c(C)c2C2CC2)c(F)c1. The summed E-state index contributed by atoms with van der Waals surface area (Å²) in [6.07, 6.45) is 4.91. The van der Waals surface area contributed by atoms with Gasteiger partial charge >= 0.3 is 0 Å². The molecular formula is C25H26F2N8O2. The smallest absolute Gasteiger partial charge is 0.204 e. The molecule has 3 aromatic heterocycles. The number of ether oxygens (including phenoxy) is 2. The third kappa shape index (κ3) is 4.86. The predicted molar refractivity (Wildman–Crippen MR) is 133 cm³/mol. The molecule has 0 atom stereocenters. The molecule has 1 aliphatic rings. The lowest BCUT2D eigenvalue weighted by Gasteiger charge is -2.12. The van der Waals surface area contributed by atoms with Gasteiger partial charge in [0.05, 0.1) is 20.3 Å². The normalized spacial score (nSPS) is 13.0. The Hall–Kier alpha value is -4.35. The molecule has 3 N–H and O–H groups in total. The number of hydrogen-bond acceptors (Lipinski definition) is 9. The summed E-state index contributed by atoms with van der Waals surface area (Å²) in [5.74, 6) is 0.392. The molecule has 0 unspecified atom stereocenters. The van der Waals surface area contributed by atoms with Gasteiger partial charge in [0.1, 0.15) is 35.2 Å². The van der Waals surface area contributed by atoms with Crippen LogP contribution in [0.3, 0.4) is 0 Å². The van der Waals surface area contributed by atoms with Crippen molar-refractivity contribution in [2.75, 3.05) is 24.8 Å². The molecule has 0 radical (unpaired) electrons. The summed E-state index contributed by atoms with van der Waals surface area (Å²) >= 11 is 0. The van der Waals surface area contributed by atoms with Gasteiger partial charge in [-0.15, -0.1) is 0 Å².